The van der Waals surface area contributed by atoms with Crippen molar-refractivity contribution in [2.45, 2.75) is 12.5 Å². The van der Waals surface area contributed by atoms with Crippen molar-refractivity contribution in [1.29, 1.82) is 0 Å². The minimum atomic E-state index is 0.347. The summed E-state index contributed by atoms with van der Waals surface area (Å²) in [6.45, 7) is 3.02. The standard InChI is InChI=1S/C17H18BrClN2/c18-17-14(19)8-4-9-16(17)21-11-5-10-20-15(12-21)13-6-2-1-3-7-13/h1-4,6-9,15,20H,5,10-12H2. The summed E-state index contributed by atoms with van der Waals surface area (Å²) < 4.78 is 0.986. The zero-order valence-electron chi connectivity index (χ0n) is 11.7. The zero-order valence-corrected chi connectivity index (χ0v) is 14.1. The van der Waals surface area contributed by atoms with Crippen LogP contribution in [0.5, 0.6) is 0 Å². The Kier molecular flexibility index (Phi) is 4.84. The van der Waals surface area contributed by atoms with E-state index in [2.05, 4.69) is 62.5 Å². The molecule has 2 aromatic carbocycles. The fraction of sp³-hybridized carbons (Fsp3) is 0.294. The molecule has 0 radical (unpaired) electrons. The molecule has 110 valence electrons. The Balaban J connectivity index is 1.87. The highest BCUT2D eigenvalue weighted by molar-refractivity contribution is 9.10. The largest absolute Gasteiger partial charge is 0.369 e. The van der Waals surface area contributed by atoms with Gasteiger partial charge in [-0.3, -0.25) is 0 Å². The van der Waals surface area contributed by atoms with E-state index < -0.39 is 0 Å². The highest BCUT2D eigenvalue weighted by Gasteiger charge is 2.21. The van der Waals surface area contributed by atoms with Crippen LogP contribution < -0.4 is 10.2 Å². The molecule has 2 aromatic rings. The molecule has 0 spiro atoms. The molecule has 1 saturated heterocycles. The van der Waals surface area contributed by atoms with Gasteiger partial charge in [0.2, 0.25) is 0 Å². The van der Waals surface area contributed by atoms with E-state index in [4.69, 9.17) is 11.6 Å². The van der Waals surface area contributed by atoms with Crippen molar-refractivity contribution in [1.82, 2.24) is 5.32 Å². The molecule has 1 aliphatic rings. The summed E-state index contributed by atoms with van der Waals surface area (Å²) in [5.74, 6) is 0. The minimum absolute atomic E-state index is 0.347. The van der Waals surface area contributed by atoms with Gasteiger partial charge in [-0.05, 0) is 46.6 Å². The summed E-state index contributed by atoms with van der Waals surface area (Å²) in [4.78, 5) is 2.41. The van der Waals surface area contributed by atoms with Crippen LogP contribution in [0.3, 0.4) is 0 Å². The van der Waals surface area contributed by atoms with Crippen LogP contribution in [0.15, 0.2) is 53.0 Å². The first-order valence-corrected chi connectivity index (χ1v) is 8.40. The molecule has 1 atom stereocenters. The predicted molar refractivity (Wildman–Crippen MR) is 93.2 cm³/mol. The molecule has 1 fully saturated rings. The van der Waals surface area contributed by atoms with Crippen molar-refractivity contribution in [3.05, 3.63) is 63.6 Å². The molecule has 0 aromatic heterocycles. The maximum atomic E-state index is 6.24. The van der Waals surface area contributed by atoms with E-state index in [9.17, 15) is 0 Å². The molecular formula is C17H18BrClN2. The van der Waals surface area contributed by atoms with Crippen LogP contribution in [0.1, 0.15) is 18.0 Å². The highest BCUT2D eigenvalue weighted by Crippen LogP contribution is 2.34. The number of hydrogen-bond acceptors (Lipinski definition) is 2. The number of halogens is 2. The van der Waals surface area contributed by atoms with Crippen LogP contribution in [-0.4, -0.2) is 19.6 Å². The highest BCUT2D eigenvalue weighted by atomic mass is 79.9. The number of nitrogens with zero attached hydrogens (tertiary/aromatic N) is 1. The van der Waals surface area contributed by atoms with E-state index in [0.717, 1.165) is 35.6 Å². The van der Waals surface area contributed by atoms with Gasteiger partial charge < -0.3 is 10.2 Å². The molecule has 1 N–H and O–H groups in total. The lowest BCUT2D eigenvalue weighted by Gasteiger charge is -2.28. The average molecular weight is 366 g/mol. The first kappa shape index (κ1) is 14.9. The number of anilines is 1. The molecule has 1 aliphatic heterocycles. The summed E-state index contributed by atoms with van der Waals surface area (Å²) in [6.07, 6.45) is 1.13. The van der Waals surface area contributed by atoms with Crippen LogP contribution in [-0.2, 0) is 0 Å². The van der Waals surface area contributed by atoms with Crippen molar-refractivity contribution < 1.29 is 0 Å². The lowest BCUT2D eigenvalue weighted by molar-refractivity contribution is 0.570. The van der Waals surface area contributed by atoms with Gasteiger partial charge in [-0.25, -0.2) is 0 Å². The van der Waals surface area contributed by atoms with Crippen LogP contribution >= 0.6 is 27.5 Å². The van der Waals surface area contributed by atoms with Crippen LogP contribution in [0.2, 0.25) is 5.02 Å². The molecule has 1 heterocycles. The van der Waals surface area contributed by atoms with Crippen molar-refractivity contribution in [3.63, 3.8) is 0 Å². The van der Waals surface area contributed by atoms with Gasteiger partial charge in [-0.1, -0.05) is 48.0 Å². The van der Waals surface area contributed by atoms with Crippen molar-refractivity contribution in [2.75, 3.05) is 24.5 Å². The lowest BCUT2D eigenvalue weighted by Crippen LogP contribution is -2.31. The summed E-state index contributed by atoms with van der Waals surface area (Å²) in [5, 5.41) is 4.41. The Morgan fingerprint density at radius 3 is 2.71 bits per heavy atom. The third-order valence-corrected chi connectivity index (χ3v) is 5.25. The third-order valence-electron chi connectivity index (χ3n) is 3.87. The van der Waals surface area contributed by atoms with Gasteiger partial charge in [0.15, 0.2) is 0 Å². The molecule has 0 saturated carbocycles. The van der Waals surface area contributed by atoms with Crippen LogP contribution in [0.25, 0.3) is 0 Å². The maximum Gasteiger partial charge on any atom is 0.0595 e. The van der Waals surface area contributed by atoms with Crippen molar-refractivity contribution in [3.8, 4) is 0 Å². The van der Waals surface area contributed by atoms with E-state index in [1.54, 1.807) is 0 Å². The van der Waals surface area contributed by atoms with E-state index in [0.29, 0.717) is 6.04 Å². The second kappa shape index (κ2) is 6.82. The van der Waals surface area contributed by atoms with Gasteiger partial charge in [0.05, 0.1) is 15.2 Å². The quantitative estimate of drug-likeness (QED) is 0.834. The van der Waals surface area contributed by atoms with E-state index >= 15 is 0 Å². The first-order valence-electron chi connectivity index (χ1n) is 7.23. The molecule has 3 rings (SSSR count). The van der Waals surface area contributed by atoms with Crippen molar-refractivity contribution >= 4 is 33.2 Å². The second-order valence-corrected chi connectivity index (χ2v) is 6.49. The van der Waals surface area contributed by atoms with Gasteiger partial charge >= 0.3 is 0 Å². The second-order valence-electron chi connectivity index (χ2n) is 5.29. The van der Waals surface area contributed by atoms with E-state index in [1.807, 2.05) is 12.1 Å². The fourth-order valence-corrected chi connectivity index (χ4v) is 3.47. The molecule has 0 bridgehead atoms. The average Bonchev–Trinajstić information content (AvgIpc) is 2.77. The Morgan fingerprint density at radius 2 is 1.90 bits per heavy atom. The van der Waals surface area contributed by atoms with Crippen LogP contribution in [0, 0.1) is 0 Å². The Hall–Kier alpha value is -1.03. The number of nitrogens with one attached hydrogen (secondary N) is 1. The molecule has 0 amide bonds. The van der Waals surface area contributed by atoms with Crippen LogP contribution in [0.4, 0.5) is 5.69 Å². The summed E-state index contributed by atoms with van der Waals surface area (Å²) in [7, 11) is 0. The SMILES string of the molecule is Clc1cccc(N2CCCNC(c3ccccc3)C2)c1Br. The molecule has 21 heavy (non-hydrogen) atoms. The monoisotopic (exact) mass is 364 g/mol. The lowest BCUT2D eigenvalue weighted by atomic mass is 10.1. The van der Waals surface area contributed by atoms with E-state index in [-0.39, 0.29) is 0 Å². The van der Waals surface area contributed by atoms with Gasteiger partial charge in [-0.15, -0.1) is 0 Å². The van der Waals surface area contributed by atoms with Crippen molar-refractivity contribution in [2.24, 2.45) is 0 Å². The number of benzene rings is 2. The molecule has 0 aliphatic carbocycles. The maximum absolute atomic E-state index is 6.24. The topological polar surface area (TPSA) is 15.3 Å². The summed E-state index contributed by atoms with van der Waals surface area (Å²) >= 11 is 9.86. The summed E-state index contributed by atoms with van der Waals surface area (Å²) in [6, 6.07) is 17.0. The van der Waals surface area contributed by atoms with Gasteiger partial charge in [-0.2, -0.15) is 0 Å². The molecule has 2 nitrogen and oxygen atoms in total. The van der Waals surface area contributed by atoms with Gasteiger partial charge in [0.1, 0.15) is 0 Å². The minimum Gasteiger partial charge on any atom is -0.369 e. The normalized spacial score (nSPS) is 19.3. The van der Waals surface area contributed by atoms with Gasteiger partial charge in [0.25, 0.3) is 0 Å². The van der Waals surface area contributed by atoms with E-state index in [1.165, 1.54) is 11.3 Å². The smallest absolute Gasteiger partial charge is 0.0595 e. The summed E-state index contributed by atoms with van der Waals surface area (Å²) in [5.41, 5.74) is 2.51. The van der Waals surface area contributed by atoms with Gasteiger partial charge in [0, 0.05) is 19.1 Å². The fourth-order valence-electron chi connectivity index (χ4n) is 2.79. The Bertz CT molecular complexity index is 603. The Morgan fingerprint density at radius 1 is 1.10 bits per heavy atom. The molecular weight excluding hydrogens is 348 g/mol. The predicted octanol–water partition coefficient (Wildman–Crippen LogP) is 4.64. The number of rotatable bonds is 2. The molecule has 1 unspecified atom stereocenters. The Labute approximate surface area is 139 Å². The number of hydrogen-bond donors (Lipinski definition) is 1. The zero-order chi connectivity index (χ0) is 14.7. The molecule has 4 heteroatoms. The first-order chi connectivity index (χ1) is 10.3. The third kappa shape index (κ3) is 3.42.